The summed E-state index contributed by atoms with van der Waals surface area (Å²) in [6.07, 6.45) is 0.902. The SMILES string of the molecule is Cc1cc(NC(=O)CN(CCN)CCc2ccccc2)n(C)n1.Cl.Cl. The van der Waals surface area contributed by atoms with E-state index in [1.165, 1.54) is 5.56 Å². The van der Waals surface area contributed by atoms with Gasteiger partial charge >= 0.3 is 0 Å². The van der Waals surface area contributed by atoms with Crippen LogP contribution in [-0.2, 0) is 18.3 Å². The Morgan fingerprint density at radius 1 is 1.24 bits per heavy atom. The van der Waals surface area contributed by atoms with Crippen molar-refractivity contribution in [2.75, 3.05) is 31.5 Å². The van der Waals surface area contributed by atoms with Crippen molar-refractivity contribution < 1.29 is 4.79 Å². The highest BCUT2D eigenvalue weighted by molar-refractivity contribution is 5.91. The highest BCUT2D eigenvalue weighted by Crippen LogP contribution is 2.08. The molecule has 1 aromatic carbocycles. The zero-order valence-corrected chi connectivity index (χ0v) is 16.3. The summed E-state index contributed by atoms with van der Waals surface area (Å²) in [6.45, 7) is 4.26. The number of anilines is 1. The summed E-state index contributed by atoms with van der Waals surface area (Å²) >= 11 is 0. The lowest BCUT2D eigenvalue weighted by atomic mass is 10.1. The quantitative estimate of drug-likeness (QED) is 0.726. The molecule has 1 heterocycles. The van der Waals surface area contributed by atoms with Crippen molar-refractivity contribution >= 4 is 36.5 Å². The molecule has 25 heavy (non-hydrogen) atoms. The van der Waals surface area contributed by atoms with Crippen molar-refractivity contribution in [3.8, 4) is 0 Å². The molecule has 140 valence electrons. The number of amides is 1. The van der Waals surface area contributed by atoms with E-state index in [4.69, 9.17) is 5.73 Å². The van der Waals surface area contributed by atoms with Crippen LogP contribution in [0.15, 0.2) is 36.4 Å². The van der Waals surface area contributed by atoms with E-state index in [1.54, 1.807) is 4.68 Å². The van der Waals surface area contributed by atoms with Gasteiger partial charge in [0.05, 0.1) is 12.2 Å². The molecular formula is C17H27Cl2N5O. The molecule has 0 aliphatic rings. The Balaban J connectivity index is 0.00000288. The highest BCUT2D eigenvalue weighted by atomic mass is 35.5. The molecule has 2 aromatic rings. The van der Waals surface area contributed by atoms with Crippen LogP contribution in [0.4, 0.5) is 5.82 Å². The molecule has 0 saturated carbocycles. The van der Waals surface area contributed by atoms with E-state index in [-0.39, 0.29) is 30.7 Å². The van der Waals surface area contributed by atoms with Crippen molar-refractivity contribution in [2.45, 2.75) is 13.3 Å². The van der Waals surface area contributed by atoms with Gasteiger partial charge in [-0.05, 0) is 18.9 Å². The third-order valence-electron chi connectivity index (χ3n) is 3.64. The van der Waals surface area contributed by atoms with Crippen LogP contribution in [-0.4, -0.2) is 46.8 Å². The molecule has 0 spiro atoms. The minimum absolute atomic E-state index is 0. The lowest BCUT2D eigenvalue weighted by molar-refractivity contribution is -0.117. The number of rotatable bonds is 8. The minimum atomic E-state index is -0.0467. The number of aryl methyl sites for hydroxylation is 2. The first-order valence-corrected chi connectivity index (χ1v) is 7.85. The molecule has 8 heteroatoms. The maximum atomic E-state index is 12.2. The van der Waals surface area contributed by atoms with Gasteiger partial charge in [0.25, 0.3) is 0 Å². The fraction of sp³-hybridized carbons (Fsp3) is 0.412. The van der Waals surface area contributed by atoms with Crippen LogP contribution < -0.4 is 11.1 Å². The van der Waals surface area contributed by atoms with Crippen LogP contribution in [0.3, 0.4) is 0 Å². The van der Waals surface area contributed by atoms with Crippen LogP contribution in [0.5, 0.6) is 0 Å². The van der Waals surface area contributed by atoms with Gasteiger partial charge in [-0.15, -0.1) is 24.8 Å². The molecule has 0 bridgehead atoms. The second kappa shape index (κ2) is 11.9. The van der Waals surface area contributed by atoms with Crippen LogP contribution in [0.25, 0.3) is 0 Å². The molecular weight excluding hydrogens is 361 g/mol. The fourth-order valence-electron chi connectivity index (χ4n) is 2.50. The molecule has 1 amide bonds. The predicted octanol–water partition coefficient (Wildman–Crippen LogP) is 2.01. The third-order valence-corrected chi connectivity index (χ3v) is 3.64. The van der Waals surface area contributed by atoms with Crippen molar-refractivity contribution in [1.82, 2.24) is 14.7 Å². The lowest BCUT2D eigenvalue weighted by Gasteiger charge is -2.21. The van der Waals surface area contributed by atoms with E-state index >= 15 is 0 Å². The lowest BCUT2D eigenvalue weighted by Crippen LogP contribution is -2.38. The van der Waals surface area contributed by atoms with Crippen LogP contribution in [0.1, 0.15) is 11.3 Å². The molecule has 2 rings (SSSR count). The van der Waals surface area contributed by atoms with E-state index in [9.17, 15) is 4.79 Å². The average molecular weight is 388 g/mol. The highest BCUT2D eigenvalue weighted by Gasteiger charge is 2.12. The Kier molecular flexibility index (Phi) is 11.1. The van der Waals surface area contributed by atoms with Crippen LogP contribution in [0.2, 0.25) is 0 Å². The summed E-state index contributed by atoms with van der Waals surface area (Å²) in [5.41, 5.74) is 7.81. The maximum absolute atomic E-state index is 12.2. The van der Waals surface area contributed by atoms with E-state index < -0.39 is 0 Å². The number of nitrogens with one attached hydrogen (secondary N) is 1. The minimum Gasteiger partial charge on any atom is -0.329 e. The molecule has 0 atom stereocenters. The molecule has 6 nitrogen and oxygen atoms in total. The van der Waals surface area contributed by atoms with Crippen molar-refractivity contribution in [2.24, 2.45) is 12.8 Å². The first kappa shape index (κ1) is 23.4. The number of aromatic nitrogens is 2. The molecule has 0 unspecified atom stereocenters. The fourth-order valence-corrected chi connectivity index (χ4v) is 2.50. The summed E-state index contributed by atoms with van der Waals surface area (Å²) in [5.74, 6) is 0.665. The zero-order valence-electron chi connectivity index (χ0n) is 14.6. The molecule has 3 N–H and O–H groups in total. The Labute approximate surface area is 161 Å². The van der Waals surface area contributed by atoms with Gasteiger partial charge in [0.15, 0.2) is 0 Å². The van der Waals surface area contributed by atoms with E-state index in [0.717, 1.165) is 18.7 Å². The topological polar surface area (TPSA) is 76.2 Å². The first-order chi connectivity index (χ1) is 11.1. The van der Waals surface area contributed by atoms with Gasteiger partial charge in [-0.2, -0.15) is 5.10 Å². The van der Waals surface area contributed by atoms with Gasteiger partial charge in [0, 0.05) is 32.7 Å². The van der Waals surface area contributed by atoms with Gasteiger partial charge in [0.1, 0.15) is 5.82 Å². The number of halogens is 2. The van der Waals surface area contributed by atoms with Crippen LogP contribution >= 0.6 is 24.8 Å². The summed E-state index contributed by atoms with van der Waals surface area (Å²) in [4.78, 5) is 14.3. The monoisotopic (exact) mass is 387 g/mol. The summed E-state index contributed by atoms with van der Waals surface area (Å²) < 4.78 is 1.67. The normalized spacial score (nSPS) is 10.1. The first-order valence-electron chi connectivity index (χ1n) is 7.85. The number of carbonyl (C=O) groups is 1. The molecule has 0 fully saturated rings. The number of nitrogens with zero attached hydrogens (tertiary/aromatic N) is 3. The standard InChI is InChI=1S/C17H25N5O.2ClH/c1-14-12-16(21(2)20-14)19-17(23)13-22(11-9-18)10-8-15-6-4-3-5-7-15;;/h3-7,12H,8-11,13,18H2,1-2H3,(H,19,23);2*1H. The summed E-state index contributed by atoms with van der Waals surface area (Å²) in [5, 5.41) is 7.12. The number of hydrogen-bond acceptors (Lipinski definition) is 4. The van der Waals surface area contributed by atoms with Crippen molar-refractivity contribution in [3.63, 3.8) is 0 Å². The van der Waals surface area contributed by atoms with Crippen molar-refractivity contribution in [3.05, 3.63) is 47.7 Å². The molecule has 0 aliphatic carbocycles. The van der Waals surface area contributed by atoms with E-state index in [0.29, 0.717) is 25.5 Å². The molecule has 0 saturated heterocycles. The van der Waals surface area contributed by atoms with E-state index in [2.05, 4.69) is 27.4 Å². The Hall–Kier alpha value is -1.60. The predicted molar refractivity (Wildman–Crippen MR) is 107 cm³/mol. The number of hydrogen-bond donors (Lipinski definition) is 2. The van der Waals surface area contributed by atoms with Crippen molar-refractivity contribution in [1.29, 1.82) is 0 Å². The summed E-state index contributed by atoms with van der Waals surface area (Å²) in [7, 11) is 1.82. The van der Waals surface area contributed by atoms with E-state index in [1.807, 2.05) is 38.2 Å². The Bertz CT molecular complexity index is 633. The Morgan fingerprint density at radius 2 is 1.92 bits per heavy atom. The number of carbonyl (C=O) groups excluding carboxylic acids is 1. The largest absolute Gasteiger partial charge is 0.329 e. The number of benzene rings is 1. The van der Waals surface area contributed by atoms with Gasteiger partial charge in [-0.1, -0.05) is 30.3 Å². The molecule has 0 radical (unpaired) electrons. The zero-order chi connectivity index (χ0) is 16.7. The second-order valence-corrected chi connectivity index (χ2v) is 5.64. The molecule has 1 aromatic heterocycles. The smallest absolute Gasteiger partial charge is 0.239 e. The van der Waals surface area contributed by atoms with Gasteiger partial charge in [0.2, 0.25) is 5.91 Å². The summed E-state index contributed by atoms with van der Waals surface area (Å²) in [6, 6.07) is 12.1. The average Bonchev–Trinajstić information content (AvgIpc) is 2.83. The maximum Gasteiger partial charge on any atom is 0.239 e. The number of nitrogens with two attached hydrogens (primary N) is 1. The third kappa shape index (κ3) is 7.88. The second-order valence-electron chi connectivity index (χ2n) is 5.64. The van der Waals surface area contributed by atoms with Gasteiger partial charge < -0.3 is 11.1 Å². The van der Waals surface area contributed by atoms with Gasteiger partial charge in [-0.3, -0.25) is 14.4 Å². The molecule has 0 aliphatic heterocycles. The Morgan fingerprint density at radius 3 is 2.48 bits per heavy atom. The van der Waals surface area contributed by atoms with Crippen LogP contribution in [0, 0.1) is 6.92 Å². The van der Waals surface area contributed by atoms with Gasteiger partial charge in [-0.25, -0.2) is 0 Å².